The molecule has 4 atom stereocenters. The van der Waals surface area contributed by atoms with Crippen LogP contribution in [0.3, 0.4) is 0 Å². The zero-order chi connectivity index (χ0) is 16.7. The maximum absolute atomic E-state index is 12.8. The van der Waals surface area contributed by atoms with Crippen LogP contribution < -0.4 is 0 Å². The summed E-state index contributed by atoms with van der Waals surface area (Å²) in [4.78, 5) is 25.3. The van der Waals surface area contributed by atoms with Crippen molar-refractivity contribution < 1.29 is 27.9 Å². The van der Waals surface area contributed by atoms with E-state index in [1.54, 1.807) is 13.8 Å². The molecular formula is C15H22F3NO3. The first-order valence-corrected chi connectivity index (χ1v) is 7.64. The number of rotatable bonds is 2. The number of nitrogens with zero attached hydrogens (tertiary/aromatic N) is 1. The highest BCUT2D eigenvalue weighted by Gasteiger charge is 2.50. The third-order valence-corrected chi connectivity index (χ3v) is 5.39. The van der Waals surface area contributed by atoms with Crippen LogP contribution in [0.5, 0.6) is 0 Å². The summed E-state index contributed by atoms with van der Waals surface area (Å²) >= 11 is 0. The molecule has 2 unspecified atom stereocenters. The first kappa shape index (κ1) is 17.1. The Morgan fingerprint density at radius 3 is 2.41 bits per heavy atom. The molecule has 2 fully saturated rings. The van der Waals surface area contributed by atoms with Crippen molar-refractivity contribution in [3.8, 4) is 0 Å². The van der Waals surface area contributed by atoms with E-state index in [0.29, 0.717) is 19.4 Å². The second kappa shape index (κ2) is 5.74. The molecule has 1 aliphatic heterocycles. The van der Waals surface area contributed by atoms with Crippen LogP contribution in [0.1, 0.15) is 39.5 Å². The predicted octanol–water partition coefficient (Wildman–Crippen LogP) is 2.92. The lowest BCUT2D eigenvalue weighted by Crippen LogP contribution is -2.41. The Labute approximate surface area is 127 Å². The molecule has 0 aromatic carbocycles. The normalized spacial score (nSPS) is 36.4. The monoisotopic (exact) mass is 321 g/mol. The molecule has 1 aliphatic carbocycles. The summed E-state index contributed by atoms with van der Waals surface area (Å²) in [6, 6.07) is 0. The Morgan fingerprint density at radius 2 is 1.91 bits per heavy atom. The van der Waals surface area contributed by atoms with E-state index in [2.05, 4.69) is 0 Å². The van der Waals surface area contributed by atoms with Crippen molar-refractivity contribution in [1.29, 1.82) is 0 Å². The third-order valence-electron chi connectivity index (χ3n) is 5.39. The summed E-state index contributed by atoms with van der Waals surface area (Å²) in [6.45, 7) is 3.73. The van der Waals surface area contributed by atoms with Crippen LogP contribution in [0, 0.1) is 23.2 Å². The number of carbonyl (C=O) groups excluding carboxylic acids is 1. The van der Waals surface area contributed by atoms with Crippen LogP contribution in [-0.2, 0) is 9.59 Å². The van der Waals surface area contributed by atoms with Crippen molar-refractivity contribution in [3.63, 3.8) is 0 Å². The Kier molecular flexibility index (Phi) is 4.46. The zero-order valence-electron chi connectivity index (χ0n) is 12.8. The van der Waals surface area contributed by atoms with E-state index in [0.717, 1.165) is 0 Å². The van der Waals surface area contributed by atoms with Crippen molar-refractivity contribution >= 4 is 11.9 Å². The molecule has 0 spiro atoms. The SMILES string of the molecule is C[C@@H]1CN(C(=O)C2CCCC(C(F)(F)F)C2)C[C@@]1(C)C(=O)O. The first-order chi connectivity index (χ1) is 10.1. The molecule has 0 aromatic rings. The van der Waals surface area contributed by atoms with Gasteiger partial charge in [0.2, 0.25) is 5.91 Å². The molecule has 1 heterocycles. The van der Waals surface area contributed by atoms with Crippen molar-refractivity contribution in [1.82, 2.24) is 4.90 Å². The summed E-state index contributed by atoms with van der Waals surface area (Å²) < 4.78 is 38.5. The van der Waals surface area contributed by atoms with Crippen LogP contribution >= 0.6 is 0 Å². The maximum atomic E-state index is 12.8. The highest BCUT2D eigenvalue weighted by molar-refractivity contribution is 5.82. The molecule has 7 heteroatoms. The quantitative estimate of drug-likeness (QED) is 0.851. The van der Waals surface area contributed by atoms with Crippen molar-refractivity contribution in [2.24, 2.45) is 23.2 Å². The van der Waals surface area contributed by atoms with Gasteiger partial charge in [-0.3, -0.25) is 9.59 Å². The van der Waals surface area contributed by atoms with Gasteiger partial charge in [0.15, 0.2) is 0 Å². The number of carboxylic acids is 1. The molecule has 0 radical (unpaired) electrons. The largest absolute Gasteiger partial charge is 0.481 e. The van der Waals surface area contributed by atoms with Crippen molar-refractivity contribution in [2.45, 2.75) is 45.7 Å². The predicted molar refractivity (Wildman–Crippen MR) is 73.0 cm³/mol. The zero-order valence-corrected chi connectivity index (χ0v) is 12.8. The van der Waals surface area contributed by atoms with Gasteiger partial charge >= 0.3 is 12.1 Å². The van der Waals surface area contributed by atoms with Gasteiger partial charge in [0.25, 0.3) is 0 Å². The number of likely N-dealkylation sites (tertiary alicyclic amines) is 1. The number of hydrogen-bond donors (Lipinski definition) is 1. The van der Waals surface area contributed by atoms with Gasteiger partial charge in [0.1, 0.15) is 0 Å². The average Bonchev–Trinajstić information content (AvgIpc) is 2.74. The summed E-state index contributed by atoms with van der Waals surface area (Å²) in [5.41, 5.74) is -1.02. The minimum atomic E-state index is -4.26. The van der Waals surface area contributed by atoms with E-state index in [4.69, 9.17) is 0 Å². The number of alkyl halides is 3. The van der Waals surface area contributed by atoms with E-state index in [1.807, 2.05) is 0 Å². The van der Waals surface area contributed by atoms with E-state index < -0.39 is 29.4 Å². The number of amides is 1. The molecule has 1 amide bonds. The standard InChI is InChI=1S/C15H22F3NO3/c1-9-7-19(8-14(9,2)13(21)22)12(20)10-4-3-5-11(6-10)15(16,17)18/h9-11H,3-8H2,1-2H3,(H,21,22)/t9-,10?,11?,14-/m1/s1. The lowest BCUT2D eigenvalue weighted by molar-refractivity contribution is -0.187. The van der Waals surface area contributed by atoms with E-state index in [1.165, 1.54) is 4.90 Å². The molecule has 4 nitrogen and oxygen atoms in total. The summed E-state index contributed by atoms with van der Waals surface area (Å²) in [5.74, 6) is -3.54. The smallest absolute Gasteiger partial charge is 0.391 e. The Balaban J connectivity index is 2.05. The molecule has 1 saturated heterocycles. The third kappa shape index (κ3) is 3.08. The summed E-state index contributed by atoms with van der Waals surface area (Å²) in [5, 5.41) is 9.31. The van der Waals surface area contributed by atoms with Crippen LogP contribution in [-0.4, -0.2) is 41.1 Å². The van der Waals surface area contributed by atoms with E-state index in [9.17, 15) is 27.9 Å². The second-order valence-corrected chi connectivity index (χ2v) is 6.94. The van der Waals surface area contributed by atoms with E-state index in [-0.39, 0.29) is 31.2 Å². The highest BCUT2D eigenvalue weighted by atomic mass is 19.4. The van der Waals surface area contributed by atoms with Crippen LogP contribution in [0.15, 0.2) is 0 Å². The fraction of sp³-hybridized carbons (Fsp3) is 0.867. The highest BCUT2D eigenvalue weighted by Crippen LogP contribution is 2.42. The van der Waals surface area contributed by atoms with Gasteiger partial charge in [0.05, 0.1) is 11.3 Å². The fourth-order valence-corrected chi connectivity index (χ4v) is 3.56. The molecule has 126 valence electrons. The van der Waals surface area contributed by atoms with Crippen LogP contribution in [0.25, 0.3) is 0 Å². The Hall–Kier alpha value is -1.27. The maximum Gasteiger partial charge on any atom is 0.391 e. The van der Waals surface area contributed by atoms with Crippen molar-refractivity contribution in [2.75, 3.05) is 13.1 Å². The fourth-order valence-electron chi connectivity index (χ4n) is 3.56. The van der Waals surface area contributed by atoms with Gasteiger partial charge in [0, 0.05) is 19.0 Å². The Bertz CT molecular complexity index is 465. The summed E-state index contributed by atoms with van der Waals surface area (Å²) in [6.07, 6.45) is -3.50. The average molecular weight is 321 g/mol. The minimum absolute atomic E-state index is 0.0789. The number of aliphatic carboxylic acids is 1. The van der Waals surface area contributed by atoms with Gasteiger partial charge < -0.3 is 10.0 Å². The molecular weight excluding hydrogens is 299 g/mol. The molecule has 0 bridgehead atoms. The molecule has 0 aromatic heterocycles. The molecule has 2 aliphatic rings. The molecule has 1 N–H and O–H groups in total. The number of carbonyl (C=O) groups is 2. The summed E-state index contributed by atoms with van der Waals surface area (Å²) in [7, 11) is 0. The lowest BCUT2D eigenvalue weighted by Gasteiger charge is -2.32. The number of hydrogen-bond acceptors (Lipinski definition) is 2. The minimum Gasteiger partial charge on any atom is -0.481 e. The second-order valence-electron chi connectivity index (χ2n) is 6.94. The first-order valence-electron chi connectivity index (χ1n) is 7.64. The van der Waals surface area contributed by atoms with Crippen LogP contribution in [0.4, 0.5) is 13.2 Å². The van der Waals surface area contributed by atoms with Gasteiger partial charge in [-0.05, 0) is 32.1 Å². The molecule has 2 rings (SSSR count). The van der Waals surface area contributed by atoms with Crippen LogP contribution in [0.2, 0.25) is 0 Å². The Morgan fingerprint density at radius 1 is 1.27 bits per heavy atom. The topological polar surface area (TPSA) is 57.6 Å². The lowest BCUT2D eigenvalue weighted by atomic mass is 9.80. The van der Waals surface area contributed by atoms with Crippen molar-refractivity contribution in [3.05, 3.63) is 0 Å². The molecule has 1 saturated carbocycles. The number of halogens is 3. The van der Waals surface area contributed by atoms with Gasteiger partial charge in [-0.1, -0.05) is 13.3 Å². The van der Waals surface area contributed by atoms with Gasteiger partial charge in [-0.15, -0.1) is 0 Å². The molecule has 22 heavy (non-hydrogen) atoms. The van der Waals surface area contributed by atoms with Gasteiger partial charge in [-0.2, -0.15) is 13.2 Å². The van der Waals surface area contributed by atoms with E-state index >= 15 is 0 Å². The number of carboxylic acid groups (broad SMARTS) is 1. The van der Waals surface area contributed by atoms with Gasteiger partial charge in [-0.25, -0.2) is 0 Å².